The molecule has 1 aromatic carbocycles. The fourth-order valence-electron chi connectivity index (χ4n) is 1.83. The molecule has 94 valence electrons. The standard InChI is InChI=1S/C15H22O2/c1-12(2)14-7-5-13(6-8-14)4-3-9-16-10-15-11-17-15/h5-8,12,15H,3-4,9-11H2,1-2H3. The SMILES string of the molecule is CC(C)c1ccc(CCCOCC2CO2)cc1. The lowest BCUT2D eigenvalue weighted by molar-refractivity contribution is 0.114. The molecule has 1 aliphatic rings. The van der Waals surface area contributed by atoms with Crippen LogP contribution < -0.4 is 0 Å². The Morgan fingerprint density at radius 3 is 2.59 bits per heavy atom. The number of benzene rings is 1. The predicted octanol–water partition coefficient (Wildman–Crippen LogP) is 3.16. The summed E-state index contributed by atoms with van der Waals surface area (Å²) in [4.78, 5) is 0. The van der Waals surface area contributed by atoms with Gasteiger partial charge in [0.15, 0.2) is 0 Å². The van der Waals surface area contributed by atoms with Crippen molar-refractivity contribution in [3.05, 3.63) is 35.4 Å². The van der Waals surface area contributed by atoms with E-state index in [2.05, 4.69) is 38.1 Å². The van der Waals surface area contributed by atoms with E-state index >= 15 is 0 Å². The molecule has 1 atom stereocenters. The molecule has 2 heteroatoms. The number of rotatable bonds is 7. The fraction of sp³-hybridized carbons (Fsp3) is 0.600. The molecule has 0 aliphatic carbocycles. The zero-order valence-electron chi connectivity index (χ0n) is 10.8. The lowest BCUT2D eigenvalue weighted by Gasteiger charge is -2.07. The maximum absolute atomic E-state index is 5.52. The van der Waals surface area contributed by atoms with Crippen molar-refractivity contribution < 1.29 is 9.47 Å². The van der Waals surface area contributed by atoms with Crippen molar-refractivity contribution in [1.82, 2.24) is 0 Å². The molecule has 17 heavy (non-hydrogen) atoms. The largest absolute Gasteiger partial charge is 0.379 e. The molecule has 0 amide bonds. The Hall–Kier alpha value is -0.860. The fourth-order valence-corrected chi connectivity index (χ4v) is 1.83. The van der Waals surface area contributed by atoms with E-state index in [9.17, 15) is 0 Å². The highest BCUT2D eigenvalue weighted by Crippen LogP contribution is 2.15. The zero-order valence-corrected chi connectivity index (χ0v) is 10.8. The minimum Gasteiger partial charge on any atom is -0.379 e. The summed E-state index contributed by atoms with van der Waals surface area (Å²) >= 11 is 0. The monoisotopic (exact) mass is 234 g/mol. The van der Waals surface area contributed by atoms with Crippen LogP contribution in [0.5, 0.6) is 0 Å². The average Bonchev–Trinajstić information content (AvgIpc) is 3.13. The quantitative estimate of drug-likeness (QED) is 0.534. The molecule has 1 aliphatic heterocycles. The zero-order chi connectivity index (χ0) is 12.1. The molecule has 0 aromatic heterocycles. The molecule has 1 saturated heterocycles. The van der Waals surface area contributed by atoms with Crippen molar-refractivity contribution >= 4 is 0 Å². The molecule has 1 fully saturated rings. The summed E-state index contributed by atoms with van der Waals surface area (Å²) in [5.74, 6) is 0.617. The Labute approximate surface area is 104 Å². The minimum absolute atomic E-state index is 0.389. The Morgan fingerprint density at radius 2 is 2.00 bits per heavy atom. The highest BCUT2D eigenvalue weighted by atomic mass is 16.6. The van der Waals surface area contributed by atoms with Crippen LogP contribution in [0.1, 0.15) is 37.3 Å². The van der Waals surface area contributed by atoms with E-state index in [0.717, 1.165) is 32.7 Å². The minimum atomic E-state index is 0.389. The predicted molar refractivity (Wildman–Crippen MR) is 69.4 cm³/mol. The van der Waals surface area contributed by atoms with E-state index in [1.54, 1.807) is 0 Å². The normalized spacial score (nSPS) is 18.6. The number of epoxide rings is 1. The first kappa shape index (κ1) is 12.6. The van der Waals surface area contributed by atoms with Gasteiger partial charge >= 0.3 is 0 Å². The smallest absolute Gasteiger partial charge is 0.104 e. The van der Waals surface area contributed by atoms with Crippen molar-refractivity contribution in [2.24, 2.45) is 0 Å². The second-order valence-corrected chi connectivity index (χ2v) is 5.03. The second-order valence-electron chi connectivity index (χ2n) is 5.03. The van der Waals surface area contributed by atoms with E-state index in [4.69, 9.17) is 9.47 Å². The summed E-state index contributed by atoms with van der Waals surface area (Å²) in [7, 11) is 0. The van der Waals surface area contributed by atoms with Crippen molar-refractivity contribution in [3.8, 4) is 0 Å². The molecule has 0 radical (unpaired) electrons. The summed E-state index contributed by atoms with van der Waals surface area (Å²) in [5.41, 5.74) is 2.82. The lowest BCUT2D eigenvalue weighted by Crippen LogP contribution is -2.03. The van der Waals surface area contributed by atoms with Gasteiger partial charge in [-0.2, -0.15) is 0 Å². The third kappa shape index (κ3) is 4.49. The van der Waals surface area contributed by atoms with E-state index in [1.807, 2.05) is 0 Å². The summed E-state index contributed by atoms with van der Waals surface area (Å²) in [6.07, 6.45) is 2.58. The van der Waals surface area contributed by atoms with Gasteiger partial charge in [-0.05, 0) is 29.9 Å². The third-order valence-electron chi connectivity index (χ3n) is 3.11. The number of hydrogen-bond acceptors (Lipinski definition) is 2. The van der Waals surface area contributed by atoms with Gasteiger partial charge in [-0.3, -0.25) is 0 Å². The maximum atomic E-state index is 5.52. The van der Waals surface area contributed by atoms with Crippen LogP contribution >= 0.6 is 0 Å². The molecule has 1 heterocycles. The van der Waals surface area contributed by atoms with Crippen LogP contribution in [0.15, 0.2) is 24.3 Å². The van der Waals surface area contributed by atoms with Crippen LogP contribution in [0.2, 0.25) is 0 Å². The van der Waals surface area contributed by atoms with Gasteiger partial charge in [-0.1, -0.05) is 38.1 Å². The van der Waals surface area contributed by atoms with Gasteiger partial charge in [0.25, 0.3) is 0 Å². The summed E-state index contributed by atoms with van der Waals surface area (Å²) in [6, 6.07) is 8.94. The first-order valence-electron chi connectivity index (χ1n) is 6.54. The lowest BCUT2D eigenvalue weighted by atomic mass is 10.0. The van der Waals surface area contributed by atoms with Crippen LogP contribution in [0.4, 0.5) is 0 Å². The van der Waals surface area contributed by atoms with Gasteiger partial charge in [-0.15, -0.1) is 0 Å². The molecule has 2 nitrogen and oxygen atoms in total. The molecule has 0 spiro atoms. The van der Waals surface area contributed by atoms with E-state index in [-0.39, 0.29) is 0 Å². The first-order valence-corrected chi connectivity index (χ1v) is 6.54. The number of hydrogen-bond donors (Lipinski definition) is 0. The van der Waals surface area contributed by atoms with Crippen molar-refractivity contribution in [2.75, 3.05) is 19.8 Å². The van der Waals surface area contributed by atoms with Gasteiger partial charge in [0.05, 0.1) is 13.2 Å². The van der Waals surface area contributed by atoms with Gasteiger partial charge in [0.1, 0.15) is 6.10 Å². The summed E-state index contributed by atoms with van der Waals surface area (Å²) in [5, 5.41) is 0. The van der Waals surface area contributed by atoms with Crippen LogP contribution in [-0.2, 0) is 15.9 Å². The molecule has 0 saturated carbocycles. The average molecular weight is 234 g/mol. The van der Waals surface area contributed by atoms with Gasteiger partial charge in [-0.25, -0.2) is 0 Å². The second kappa shape index (κ2) is 6.18. The molecule has 0 N–H and O–H groups in total. The summed E-state index contributed by atoms with van der Waals surface area (Å²) in [6.45, 7) is 6.94. The Morgan fingerprint density at radius 1 is 1.29 bits per heavy atom. The van der Waals surface area contributed by atoms with Crippen LogP contribution in [0.3, 0.4) is 0 Å². The Bertz CT molecular complexity index is 325. The highest BCUT2D eigenvalue weighted by molar-refractivity contribution is 5.24. The molecule has 1 aromatic rings. The molecular formula is C15H22O2. The van der Waals surface area contributed by atoms with Crippen LogP contribution in [-0.4, -0.2) is 25.9 Å². The number of aryl methyl sites for hydroxylation is 1. The van der Waals surface area contributed by atoms with Crippen LogP contribution in [0, 0.1) is 0 Å². The van der Waals surface area contributed by atoms with Crippen molar-refractivity contribution in [2.45, 2.75) is 38.7 Å². The van der Waals surface area contributed by atoms with Gasteiger partial charge in [0, 0.05) is 6.61 Å². The van der Waals surface area contributed by atoms with E-state index in [1.165, 1.54) is 11.1 Å². The Balaban J connectivity index is 1.63. The molecule has 2 rings (SSSR count). The van der Waals surface area contributed by atoms with Crippen molar-refractivity contribution in [1.29, 1.82) is 0 Å². The van der Waals surface area contributed by atoms with Crippen molar-refractivity contribution in [3.63, 3.8) is 0 Å². The first-order chi connectivity index (χ1) is 8.25. The van der Waals surface area contributed by atoms with Crippen LogP contribution in [0.25, 0.3) is 0 Å². The maximum Gasteiger partial charge on any atom is 0.104 e. The number of ether oxygens (including phenoxy) is 2. The summed E-state index contributed by atoms with van der Waals surface area (Å²) < 4.78 is 10.6. The van der Waals surface area contributed by atoms with Gasteiger partial charge < -0.3 is 9.47 Å². The Kier molecular flexibility index (Phi) is 4.57. The topological polar surface area (TPSA) is 21.8 Å². The van der Waals surface area contributed by atoms with E-state index < -0.39 is 0 Å². The molecule has 1 unspecified atom stereocenters. The highest BCUT2D eigenvalue weighted by Gasteiger charge is 2.21. The third-order valence-corrected chi connectivity index (χ3v) is 3.11. The molecular weight excluding hydrogens is 212 g/mol. The molecule has 0 bridgehead atoms. The van der Waals surface area contributed by atoms with Gasteiger partial charge in [0.2, 0.25) is 0 Å². The van der Waals surface area contributed by atoms with E-state index in [0.29, 0.717) is 12.0 Å².